The minimum atomic E-state index is -0.131. The second-order valence-corrected chi connectivity index (χ2v) is 16.0. The van der Waals surface area contributed by atoms with E-state index in [0.717, 1.165) is 12.0 Å². The van der Waals surface area contributed by atoms with Gasteiger partial charge in [0.05, 0.1) is 0 Å². The highest BCUT2D eigenvalue weighted by Crippen LogP contribution is 2.54. The average Bonchev–Trinajstić information content (AvgIpc) is 3.68. The van der Waals surface area contributed by atoms with Gasteiger partial charge in [-0.1, -0.05) is 154 Å². The standard InChI is InChI=1S/C51H38S/c1-5-32(33-15-7-6-8-16-33)29-31(2)47-35-17-9-11-19-37(35)48(38-20-12-10-18-36(38)47)34-23-27-44-43(30-34)41-25-24-39-40(50(41)51(44,3)4)26-28-46-49(39)42-21-13-14-22-45(42)52-46/h5-28,30,32H,1-2,29H2,3-4H3. The Bertz CT molecular complexity index is 2880. The van der Waals surface area contributed by atoms with E-state index in [4.69, 9.17) is 6.58 Å². The lowest BCUT2D eigenvalue weighted by Gasteiger charge is -2.24. The van der Waals surface area contributed by atoms with E-state index in [-0.39, 0.29) is 11.3 Å². The Morgan fingerprint density at radius 2 is 1.25 bits per heavy atom. The lowest BCUT2D eigenvalue weighted by atomic mass is 9.79. The highest BCUT2D eigenvalue weighted by atomic mass is 32.1. The molecule has 0 amide bonds. The molecule has 1 heterocycles. The molecule has 10 rings (SSSR count). The molecule has 1 heteroatoms. The summed E-state index contributed by atoms with van der Waals surface area (Å²) >= 11 is 1.89. The van der Waals surface area contributed by atoms with Crippen molar-refractivity contribution in [2.75, 3.05) is 0 Å². The normalized spacial score (nSPS) is 13.9. The Kier molecular flexibility index (Phi) is 6.94. The summed E-state index contributed by atoms with van der Waals surface area (Å²) in [6.07, 6.45) is 2.88. The van der Waals surface area contributed by atoms with Gasteiger partial charge in [0.2, 0.25) is 0 Å². The maximum absolute atomic E-state index is 4.74. The monoisotopic (exact) mass is 682 g/mol. The van der Waals surface area contributed by atoms with Gasteiger partial charge < -0.3 is 0 Å². The van der Waals surface area contributed by atoms with Crippen molar-refractivity contribution in [2.24, 2.45) is 0 Å². The molecule has 0 spiro atoms. The molecule has 0 fully saturated rings. The summed E-state index contributed by atoms with van der Waals surface area (Å²) in [6, 6.07) is 54.1. The van der Waals surface area contributed by atoms with Gasteiger partial charge in [-0.05, 0) is 107 Å². The van der Waals surface area contributed by atoms with Crippen LogP contribution in [0.15, 0.2) is 165 Å². The first-order valence-electron chi connectivity index (χ1n) is 18.3. The van der Waals surface area contributed by atoms with Crippen LogP contribution in [-0.2, 0) is 5.41 Å². The summed E-state index contributed by atoms with van der Waals surface area (Å²) < 4.78 is 2.71. The van der Waals surface area contributed by atoms with Gasteiger partial charge in [-0.2, -0.15) is 0 Å². The van der Waals surface area contributed by atoms with Crippen molar-refractivity contribution < 1.29 is 0 Å². The number of rotatable bonds is 6. The van der Waals surface area contributed by atoms with E-state index in [0.29, 0.717) is 0 Å². The summed E-state index contributed by atoms with van der Waals surface area (Å²) in [4.78, 5) is 0. The Labute approximate surface area is 309 Å². The fraction of sp³-hybridized carbons (Fsp3) is 0.0980. The Balaban J connectivity index is 1.17. The Hall–Kier alpha value is -5.76. The van der Waals surface area contributed by atoms with Crippen LogP contribution >= 0.6 is 11.3 Å². The minimum Gasteiger partial charge on any atom is -0.135 e. The molecular formula is C51H38S. The van der Waals surface area contributed by atoms with Crippen molar-refractivity contribution >= 4 is 69.4 Å². The molecule has 1 unspecified atom stereocenters. The highest BCUT2D eigenvalue weighted by molar-refractivity contribution is 7.26. The molecule has 0 radical (unpaired) electrons. The zero-order valence-electron chi connectivity index (χ0n) is 29.5. The molecule has 0 bridgehead atoms. The molecule has 1 aliphatic rings. The molecule has 0 nitrogen and oxygen atoms in total. The maximum atomic E-state index is 4.74. The molecule has 8 aromatic carbocycles. The molecule has 9 aromatic rings. The van der Waals surface area contributed by atoms with Crippen molar-refractivity contribution in [1.82, 2.24) is 0 Å². The third kappa shape index (κ3) is 4.46. The Morgan fingerprint density at radius 3 is 1.96 bits per heavy atom. The lowest BCUT2D eigenvalue weighted by molar-refractivity contribution is 0.666. The van der Waals surface area contributed by atoms with Crippen molar-refractivity contribution in [3.63, 3.8) is 0 Å². The molecule has 1 aliphatic carbocycles. The second kappa shape index (κ2) is 11.6. The van der Waals surface area contributed by atoms with Crippen LogP contribution in [0.25, 0.3) is 80.3 Å². The largest absolute Gasteiger partial charge is 0.135 e. The molecule has 248 valence electrons. The van der Waals surface area contributed by atoms with Crippen LogP contribution in [0.4, 0.5) is 0 Å². The number of hydrogen-bond acceptors (Lipinski definition) is 1. The molecule has 1 aromatic heterocycles. The Morgan fingerprint density at radius 1 is 0.615 bits per heavy atom. The number of thiophene rings is 1. The van der Waals surface area contributed by atoms with Crippen LogP contribution in [-0.4, -0.2) is 0 Å². The topological polar surface area (TPSA) is 0 Å². The third-order valence-electron chi connectivity index (χ3n) is 11.7. The average molecular weight is 683 g/mol. The summed E-state index contributed by atoms with van der Waals surface area (Å²) in [5, 5.41) is 10.5. The van der Waals surface area contributed by atoms with Crippen molar-refractivity contribution in [2.45, 2.75) is 31.6 Å². The summed E-state index contributed by atoms with van der Waals surface area (Å²) in [6.45, 7) is 13.8. The van der Waals surface area contributed by atoms with Crippen LogP contribution in [0.3, 0.4) is 0 Å². The van der Waals surface area contributed by atoms with E-state index in [2.05, 4.69) is 172 Å². The van der Waals surface area contributed by atoms with Gasteiger partial charge in [-0.25, -0.2) is 0 Å². The van der Waals surface area contributed by atoms with E-state index >= 15 is 0 Å². The molecule has 1 atom stereocenters. The van der Waals surface area contributed by atoms with Crippen molar-refractivity contribution in [3.05, 3.63) is 187 Å². The molecule has 0 saturated carbocycles. The fourth-order valence-corrected chi connectivity index (χ4v) is 10.5. The quantitative estimate of drug-likeness (QED) is 0.121. The highest BCUT2D eigenvalue weighted by Gasteiger charge is 2.37. The van der Waals surface area contributed by atoms with Gasteiger partial charge in [0.1, 0.15) is 0 Å². The molecule has 52 heavy (non-hydrogen) atoms. The van der Waals surface area contributed by atoms with E-state index in [1.54, 1.807) is 0 Å². The first-order chi connectivity index (χ1) is 25.4. The van der Waals surface area contributed by atoms with Gasteiger partial charge in [0.25, 0.3) is 0 Å². The van der Waals surface area contributed by atoms with Gasteiger partial charge in [-0.3, -0.25) is 0 Å². The molecule has 0 N–H and O–H groups in total. The molecular weight excluding hydrogens is 645 g/mol. The number of fused-ring (bicyclic) bond motifs is 11. The van der Waals surface area contributed by atoms with E-state index in [1.165, 1.54) is 97.0 Å². The second-order valence-electron chi connectivity index (χ2n) is 14.9. The van der Waals surface area contributed by atoms with Crippen molar-refractivity contribution in [3.8, 4) is 22.3 Å². The van der Waals surface area contributed by atoms with Gasteiger partial charge in [-0.15, -0.1) is 17.9 Å². The number of hydrogen-bond donors (Lipinski definition) is 0. The van der Waals surface area contributed by atoms with E-state index in [1.807, 2.05) is 11.3 Å². The van der Waals surface area contributed by atoms with Crippen molar-refractivity contribution in [1.29, 1.82) is 0 Å². The van der Waals surface area contributed by atoms with Crippen LogP contribution in [0.5, 0.6) is 0 Å². The smallest absolute Gasteiger partial charge is 0.0361 e. The van der Waals surface area contributed by atoms with E-state index in [9.17, 15) is 0 Å². The first-order valence-corrected chi connectivity index (χ1v) is 19.1. The van der Waals surface area contributed by atoms with Crippen LogP contribution in [0.2, 0.25) is 0 Å². The SMILES string of the molecule is C=CC(CC(=C)c1c2ccccc2c(-c2ccc3c(c2)-c2ccc4c(ccc5sc6ccccc6c54)c2C3(C)C)c2ccccc12)c1ccccc1. The zero-order valence-corrected chi connectivity index (χ0v) is 30.4. The van der Waals surface area contributed by atoms with Gasteiger partial charge in [0.15, 0.2) is 0 Å². The summed E-state index contributed by atoms with van der Waals surface area (Å²) in [7, 11) is 0. The van der Waals surface area contributed by atoms with Crippen LogP contribution < -0.4 is 0 Å². The van der Waals surface area contributed by atoms with Crippen LogP contribution in [0, 0.1) is 0 Å². The fourth-order valence-electron chi connectivity index (χ4n) is 9.35. The predicted octanol–water partition coefficient (Wildman–Crippen LogP) is 14.9. The number of allylic oxidation sites excluding steroid dienone is 2. The maximum Gasteiger partial charge on any atom is 0.0361 e. The van der Waals surface area contributed by atoms with Crippen LogP contribution in [0.1, 0.15) is 48.4 Å². The predicted molar refractivity (Wildman–Crippen MR) is 228 cm³/mol. The molecule has 0 aliphatic heterocycles. The first kappa shape index (κ1) is 31.0. The van der Waals surface area contributed by atoms with Gasteiger partial charge >= 0.3 is 0 Å². The summed E-state index contributed by atoms with van der Waals surface area (Å²) in [5.41, 5.74) is 11.6. The number of benzene rings is 8. The third-order valence-corrected chi connectivity index (χ3v) is 12.8. The minimum absolute atomic E-state index is 0.131. The summed E-state index contributed by atoms with van der Waals surface area (Å²) in [5.74, 6) is 0.191. The molecule has 0 saturated heterocycles. The lowest BCUT2D eigenvalue weighted by Crippen LogP contribution is -2.15. The van der Waals surface area contributed by atoms with Gasteiger partial charge in [0, 0.05) is 31.5 Å². The zero-order chi connectivity index (χ0) is 35.1. The van der Waals surface area contributed by atoms with E-state index < -0.39 is 0 Å².